The Morgan fingerprint density at radius 2 is 1.82 bits per heavy atom. The third-order valence-corrected chi connectivity index (χ3v) is 6.27. The molecule has 0 radical (unpaired) electrons. The summed E-state index contributed by atoms with van der Waals surface area (Å²) < 4.78 is 2.25. The van der Waals surface area contributed by atoms with Gasteiger partial charge in [0.25, 0.3) is 0 Å². The molecule has 1 aliphatic rings. The van der Waals surface area contributed by atoms with Crippen LogP contribution < -0.4 is 4.90 Å². The second-order valence-corrected chi connectivity index (χ2v) is 8.61. The zero-order valence-corrected chi connectivity index (χ0v) is 18.8. The van der Waals surface area contributed by atoms with E-state index in [0.717, 1.165) is 52.4 Å². The normalized spacial score (nSPS) is 15.4. The molecule has 0 amide bonds. The number of hydrogen-bond acceptors (Lipinski definition) is 4. The highest BCUT2D eigenvalue weighted by Gasteiger charge is 2.34. The third kappa shape index (κ3) is 3.70. The number of anilines is 1. The molecule has 1 aliphatic heterocycles. The van der Waals surface area contributed by atoms with Crippen molar-refractivity contribution in [2.45, 2.75) is 39.0 Å². The van der Waals surface area contributed by atoms with Gasteiger partial charge in [0.2, 0.25) is 0 Å². The molecular formula is C22H29ClN4S. The van der Waals surface area contributed by atoms with E-state index in [1.807, 2.05) is 19.2 Å². The van der Waals surface area contributed by atoms with Crippen LogP contribution in [0.15, 0.2) is 43.2 Å². The fourth-order valence-corrected chi connectivity index (χ4v) is 3.83. The van der Waals surface area contributed by atoms with Crippen LogP contribution in [-0.4, -0.2) is 28.0 Å². The topological polar surface area (TPSA) is 24.3 Å². The van der Waals surface area contributed by atoms with Gasteiger partial charge in [-0.05, 0) is 30.0 Å². The molecule has 1 aromatic heterocycles. The molecule has 0 saturated heterocycles. The molecule has 2 heterocycles. The van der Waals surface area contributed by atoms with Gasteiger partial charge in [0.05, 0.1) is 10.9 Å². The largest absolute Gasteiger partial charge is 0.327 e. The number of imidazole rings is 1. The van der Waals surface area contributed by atoms with E-state index in [1.165, 1.54) is 0 Å². The quantitative estimate of drug-likeness (QED) is 0.601. The summed E-state index contributed by atoms with van der Waals surface area (Å²) in [5.74, 6) is 3.11. The summed E-state index contributed by atoms with van der Waals surface area (Å²) in [6.45, 7) is 16.7. The van der Waals surface area contributed by atoms with Gasteiger partial charge in [-0.25, -0.2) is 4.98 Å². The van der Waals surface area contributed by atoms with Crippen LogP contribution in [0, 0.1) is 5.92 Å². The molecule has 1 atom stereocenters. The lowest BCUT2D eigenvalue weighted by atomic mass is 10.1. The molecule has 0 bridgehead atoms. The SMILES string of the molecule is C=C1c2c(nc(C(S)C(C)C)n2Cc2ccc(Cl)cc2)N(C)C(=C)N1CCC. The lowest BCUT2D eigenvalue weighted by Gasteiger charge is -2.38. The highest BCUT2D eigenvalue weighted by Crippen LogP contribution is 2.41. The summed E-state index contributed by atoms with van der Waals surface area (Å²) in [4.78, 5) is 9.23. The third-order valence-electron chi connectivity index (χ3n) is 5.19. The van der Waals surface area contributed by atoms with Crippen molar-refractivity contribution >= 4 is 35.7 Å². The molecule has 150 valence electrons. The Kier molecular flexibility index (Phi) is 6.15. The Hall–Kier alpha value is -1.85. The minimum atomic E-state index is 0.0204. The van der Waals surface area contributed by atoms with E-state index >= 15 is 0 Å². The van der Waals surface area contributed by atoms with Gasteiger partial charge in [-0.2, -0.15) is 12.6 Å². The van der Waals surface area contributed by atoms with E-state index < -0.39 is 0 Å². The summed E-state index contributed by atoms with van der Waals surface area (Å²) in [6.07, 6.45) is 1.01. The number of benzene rings is 1. The van der Waals surface area contributed by atoms with Crippen LogP contribution in [0.1, 0.15) is 49.5 Å². The first-order valence-corrected chi connectivity index (χ1v) is 10.6. The smallest absolute Gasteiger partial charge is 0.162 e. The van der Waals surface area contributed by atoms with Gasteiger partial charge >= 0.3 is 0 Å². The molecule has 1 unspecified atom stereocenters. The van der Waals surface area contributed by atoms with Gasteiger partial charge in [-0.15, -0.1) is 0 Å². The summed E-state index contributed by atoms with van der Waals surface area (Å²) in [5, 5.41) is 0.757. The van der Waals surface area contributed by atoms with Gasteiger partial charge in [-0.3, -0.25) is 0 Å². The number of hydrogen-bond donors (Lipinski definition) is 1. The van der Waals surface area contributed by atoms with E-state index in [1.54, 1.807) is 0 Å². The van der Waals surface area contributed by atoms with Crippen LogP contribution in [0.5, 0.6) is 0 Å². The molecule has 3 rings (SSSR count). The van der Waals surface area contributed by atoms with Crippen molar-refractivity contribution in [3.8, 4) is 0 Å². The summed E-state index contributed by atoms with van der Waals surface area (Å²) in [6, 6.07) is 7.96. The van der Waals surface area contributed by atoms with Crippen LogP contribution in [0.2, 0.25) is 5.02 Å². The minimum absolute atomic E-state index is 0.0204. The first kappa shape index (κ1) is 20.9. The predicted molar refractivity (Wildman–Crippen MR) is 123 cm³/mol. The van der Waals surface area contributed by atoms with Crippen LogP contribution >= 0.6 is 24.2 Å². The molecule has 4 nitrogen and oxygen atoms in total. The van der Waals surface area contributed by atoms with E-state index in [0.29, 0.717) is 12.5 Å². The number of fused-ring (bicyclic) bond motifs is 1. The van der Waals surface area contributed by atoms with Crippen molar-refractivity contribution in [2.24, 2.45) is 5.92 Å². The molecular weight excluding hydrogens is 388 g/mol. The number of thiol groups is 1. The second kappa shape index (κ2) is 8.26. The van der Waals surface area contributed by atoms with E-state index in [9.17, 15) is 0 Å². The number of rotatable bonds is 6. The number of nitrogens with zero attached hydrogens (tertiary/aromatic N) is 4. The maximum absolute atomic E-state index is 6.08. The fraction of sp³-hybridized carbons (Fsp3) is 0.409. The van der Waals surface area contributed by atoms with Crippen molar-refractivity contribution in [3.05, 3.63) is 65.3 Å². The average molecular weight is 417 g/mol. The van der Waals surface area contributed by atoms with Crippen molar-refractivity contribution in [3.63, 3.8) is 0 Å². The van der Waals surface area contributed by atoms with Crippen LogP contribution in [0.25, 0.3) is 5.70 Å². The Labute approximate surface area is 178 Å². The average Bonchev–Trinajstić information content (AvgIpc) is 3.04. The lowest BCUT2D eigenvalue weighted by molar-refractivity contribution is 0.460. The molecule has 0 aliphatic carbocycles. The molecule has 0 N–H and O–H groups in total. The molecule has 0 saturated carbocycles. The van der Waals surface area contributed by atoms with Gasteiger partial charge in [0, 0.05) is 25.2 Å². The Morgan fingerprint density at radius 3 is 2.39 bits per heavy atom. The Balaban J connectivity index is 2.16. The molecule has 0 spiro atoms. The molecule has 2 aromatic rings. The van der Waals surface area contributed by atoms with Crippen LogP contribution in [0.4, 0.5) is 5.82 Å². The number of halogens is 1. The minimum Gasteiger partial charge on any atom is -0.327 e. The summed E-state index contributed by atoms with van der Waals surface area (Å²) in [7, 11) is 2.02. The fourth-order valence-electron chi connectivity index (χ4n) is 3.51. The summed E-state index contributed by atoms with van der Waals surface area (Å²) >= 11 is 11.0. The maximum Gasteiger partial charge on any atom is 0.162 e. The van der Waals surface area contributed by atoms with E-state index in [-0.39, 0.29) is 5.25 Å². The molecule has 1 aromatic carbocycles. The highest BCUT2D eigenvalue weighted by atomic mass is 35.5. The van der Waals surface area contributed by atoms with Crippen molar-refractivity contribution in [1.29, 1.82) is 0 Å². The van der Waals surface area contributed by atoms with Crippen LogP contribution in [0.3, 0.4) is 0 Å². The Bertz CT molecular complexity index is 885. The Morgan fingerprint density at radius 1 is 1.18 bits per heavy atom. The predicted octanol–water partition coefficient (Wildman–Crippen LogP) is 5.82. The molecule has 28 heavy (non-hydrogen) atoms. The van der Waals surface area contributed by atoms with Crippen LogP contribution in [-0.2, 0) is 6.54 Å². The zero-order valence-electron chi connectivity index (χ0n) is 17.1. The standard InChI is InChI=1S/C22H29ClN4S/c1-7-12-26-15(4)19-21(25(6)16(26)5)24-22(20(28)14(2)3)27(19)13-17-8-10-18(23)11-9-17/h8-11,14,20,28H,4-5,7,12-13H2,1-3,6H3. The molecule has 6 heteroatoms. The monoisotopic (exact) mass is 416 g/mol. The maximum atomic E-state index is 6.08. The van der Waals surface area contributed by atoms with Crippen molar-refractivity contribution in [1.82, 2.24) is 14.5 Å². The van der Waals surface area contributed by atoms with Gasteiger partial charge in [0.15, 0.2) is 5.82 Å². The molecule has 0 fully saturated rings. The van der Waals surface area contributed by atoms with E-state index in [2.05, 4.69) is 60.4 Å². The van der Waals surface area contributed by atoms with E-state index in [4.69, 9.17) is 29.2 Å². The van der Waals surface area contributed by atoms with Gasteiger partial charge < -0.3 is 14.4 Å². The second-order valence-electron chi connectivity index (χ2n) is 7.62. The van der Waals surface area contributed by atoms with Gasteiger partial charge in [0.1, 0.15) is 17.3 Å². The lowest BCUT2D eigenvalue weighted by Crippen LogP contribution is -2.37. The summed E-state index contributed by atoms with van der Waals surface area (Å²) in [5.41, 5.74) is 3.14. The van der Waals surface area contributed by atoms with Gasteiger partial charge in [-0.1, -0.05) is 57.7 Å². The van der Waals surface area contributed by atoms with Crippen molar-refractivity contribution in [2.75, 3.05) is 18.5 Å². The highest BCUT2D eigenvalue weighted by molar-refractivity contribution is 7.80. The first-order chi connectivity index (χ1) is 13.3. The first-order valence-electron chi connectivity index (χ1n) is 9.68. The zero-order chi connectivity index (χ0) is 20.6. The van der Waals surface area contributed by atoms with Crippen molar-refractivity contribution < 1.29 is 0 Å². The number of aromatic nitrogens is 2.